The Morgan fingerprint density at radius 3 is 3.04 bits per heavy atom. The number of carbonyl (C=O) groups is 1. The van der Waals surface area contributed by atoms with Crippen LogP contribution in [0.1, 0.15) is 41.4 Å². The van der Waals surface area contributed by atoms with E-state index < -0.39 is 0 Å². The molecule has 0 saturated heterocycles. The van der Waals surface area contributed by atoms with Crippen LogP contribution in [0, 0.1) is 13.8 Å². The van der Waals surface area contributed by atoms with Crippen LogP contribution in [0.25, 0.3) is 5.78 Å². The minimum absolute atomic E-state index is 0.0196. The van der Waals surface area contributed by atoms with Crippen molar-refractivity contribution < 1.29 is 4.79 Å². The lowest BCUT2D eigenvalue weighted by atomic mass is 9.88. The summed E-state index contributed by atoms with van der Waals surface area (Å²) in [6.45, 7) is 3.93. The quantitative estimate of drug-likeness (QED) is 0.718. The summed E-state index contributed by atoms with van der Waals surface area (Å²) in [6.07, 6.45) is 3.19. The van der Waals surface area contributed by atoms with Gasteiger partial charge in [-0.15, -0.1) is 10.2 Å². The van der Waals surface area contributed by atoms with E-state index in [0.717, 1.165) is 30.7 Å². The van der Waals surface area contributed by atoms with Gasteiger partial charge in [0.2, 0.25) is 5.91 Å². The number of rotatable bonds is 4. The first-order valence-corrected chi connectivity index (χ1v) is 9.80. The number of nitrogens with zero attached hydrogens (tertiary/aromatic N) is 4. The van der Waals surface area contributed by atoms with E-state index in [4.69, 9.17) is 0 Å². The monoisotopic (exact) mass is 367 g/mol. The molecule has 0 saturated carbocycles. The number of benzene rings is 1. The Balaban J connectivity index is 1.44. The Bertz CT molecular complexity index is 968. The Labute approximate surface area is 156 Å². The number of thioether (sulfide) groups is 1. The van der Waals surface area contributed by atoms with E-state index in [1.165, 1.54) is 22.9 Å². The van der Waals surface area contributed by atoms with Crippen LogP contribution in [0.15, 0.2) is 35.5 Å². The standard InChI is InChI=1S/C19H21N5OS/c1-12-10-13(2)24-18(20-12)22-23-19(24)26-11-17(25)21-16-9-5-7-14-6-3-4-8-15(14)16/h3-4,6,8,10,16H,5,7,9,11H2,1-2H3,(H,21,25)/t16-/m0/s1. The second kappa shape index (κ2) is 7.07. The van der Waals surface area contributed by atoms with E-state index in [2.05, 4.69) is 38.7 Å². The second-order valence-corrected chi connectivity index (χ2v) is 7.60. The van der Waals surface area contributed by atoms with Gasteiger partial charge >= 0.3 is 0 Å². The first kappa shape index (κ1) is 17.0. The fourth-order valence-electron chi connectivity index (χ4n) is 3.56. The molecule has 7 heteroatoms. The SMILES string of the molecule is Cc1cc(C)n2c(SCC(=O)N[C@H]3CCCc4ccccc43)nnc2n1. The molecular weight excluding hydrogens is 346 g/mol. The molecule has 1 aromatic carbocycles. The molecular formula is C19H21N5OS. The van der Waals surface area contributed by atoms with Crippen LogP contribution in [0.4, 0.5) is 0 Å². The van der Waals surface area contributed by atoms with Gasteiger partial charge in [-0.25, -0.2) is 4.98 Å². The van der Waals surface area contributed by atoms with E-state index in [-0.39, 0.29) is 11.9 Å². The average molecular weight is 367 g/mol. The highest BCUT2D eigenvalue weighted by Crippen LogP contribution is 2.29. The van der Waals surface area contributed by atoms with E-state index >= 15 is 0 Å². The maximum atomic E-state index is 12.5. The summed E-state index contributed by atoms with van der Waals surface area (Å²) < 4.78 is 1.89. The molecule has 0 aliphatic heterocycles. The number of fused-ring (bicyclic) bond motifs is 2. The minimum atomic E-state index is 0.0196. The van der Waals surface area contributed by atoms with Gasteiger partial charge in [0.25, 0.3) is 5.78 Å². The smallest absolute Gasteiger partial charge is 0.256 e. The van der Waals surface area contributed by atoms with Crippen molar-refractivity contribution in [2.75, 3.05) is 5.75 Å². The molecule has 2 aromatic heterocycles. The van der Waals surface area contributed by atoms with Crippen LogP contribution in [-0.4, -0.2) is 31.2 Å². The number of hydrogen-bond donors (Lipinski definition) is 1. The number of aromatic nitrogens is 4. The first-order valence-electron chi connectivity index (χ1n) is 8.81. The van der Waals surface area contributed by atoms with Crippen molar-refractivity contribution in [3.05, 3.63) is 52.8 Å². The van der Waals surface area contributed by atoms with Gasteiger partial charge in [-0.3, -0.25) is 9.20 Å². The summed E-state index contributed by atoms with van der Waals surface area (Å²) in [5.74, 6) is 0.907. The average Bonchev–Trinajstić information content (AvgIpc) is 3.03. The van der Waals surface area contributed by atoms with E-state index in [0.29, 0.717) is 16.7 Å². The normalized spacial score (nSPS) is 16.5. The Morgan fingerprint density at radius 1 is 1.31 bits per heavy atom. The van der Waals surface area contributed by atoms with Crippen molar-refractivity contribution in [3.8, 4) is 0 Å². The molecule has 0 fully saturated rings. The number of aryl methyl sites for hydroxylation is 3. The third-order valence-electron chi connectivity index (χ3n) is 4.70. The van der Waals surface area contributed by atoms with Crippen LogP contribution in [0.5, 0.6) is 0 Å². The zero-order valence-electron chi connectivity index (χ0n) is 14.9. The molecule has 0 unspecified atom stereocenters. The van der Waals surface area contributed by atoms with Gasteiger partial charge in [0.1, 0.15) is 0 Å². The van der Waals surface area contributed by atoms with Crippen molar-refractivity contribution >= 4 is 23.4 Å². The molecule has 0 spiro atoms. The van der Waals surface area contributed by atoms with Gasteiger partial charge in [0.05, 0.1) is 11.8 Å². The Morgan fingerprint density at radius 2 is 2.15 bits per heavy atom. The number of nitrogens with one attached hydrogen (secondary N) is 1. The maximum absolute atomic E-state index is 12.5. The summed E-state index contributed by atoms with van der Waals surface area (Å²) >= 11 is 1.39. The topological polar surface area (TPSA) is 72.2 Å². The van der Waals surface area contributed by atoms with Gasteiger partial charge < -0.3 is 5.32 Å². The molecule has 4 rings (SSSR count). The van der Waals surface area contributed by atoms with Crippen LogP contribution in [0.3, 0.4) is 0 Å². The molecule has 0 radical (unpaired) electrons. The van der Waals surface area contributed by atoms with Crippen molar-refractivity contribution in [2.24, 2.45) is 0 Å². The lowest BCUT2D eigenvalue weighted by Gasteiger charge is -2.26. The number of carbonyl (C=O) groups excluding carboxylic acids is 1. The highest BCUT2D eigenvalue weighted by Gasteiger charge is 2.21. The third-order valence-corrected chi connectivity index (χ3v) is 5.63. The molecule has 1 atom stereocenters. The summed E-state index contributed by atoms with van der Waals surface area (Å²) in [5.41, 5.74) is 4.52. The van der Waals surface area contributed by atoms with Gasteiger partial charge in [-0.1, -0.05) is 36.0 Å². The fraction of sp³-hybridized carbons (Fsp3) is 0.368. The lowest BCUT2D eigenvalue weighted by Crippen LogP contribution is -2.32. The summed E-state index contributed by atoms with van der Waals surface area (Å²) in [4.78, 5) is 16.9. The zero-order valence-corrected chi connectivity index (χ0v) is 15.7. The van der Waals surface area contributed by atoms with Crippen LogP contribution in [-0.2, 0) is 11.2 Å². The van der Waals surface area contributed by atoms with Gasteiger partial charge in [-0.2, -0.15) is 0 Å². The lowest BCUT2D eigenvalue weighted by molar-refractivity contribution is -0.119. The van der Waals surface area contributed by atoms with E-state index in [9.17, 15) is 4.79 Å². The van der Waals surface area contributed by atoms with E-state index in [1.807, 2.05) is 30.4 Å². The van der Waals surface area contributed by atoms with Gasteiger partial charge in [0, 0.05) is 11.4 Å². The first-order chi connectivity index (χ1) is 12.6. The van der Waals surface area contributed by atoms with Crippen molar-refractivity contribution in [1.29, 1.82) is 0 Å². The third kappa shape index (κ3) is 3.31. The Kier molecular flexibility index (Phi) is 4.63. The predicted octanol–water partition coefficient (Wildman–Crippen LogP) is 3.03. The van der Waals surface area contributed by atoms with Crippen molar-refractivity contribution in [1.82, 2.24) is 24.9 Å². The molecule has 1 aliphatic rings. The number of hydrogen-bond acceptors (Lipinski definition) is 5. The molecule has 0 bridgehead atoms. The highest BCUT2D eigenvalue weighted by atomic mass is 32.2. The molecule has 1 aliphatic carbocycles. The molecule has 1 amide bonds. The maximum Gasteiger partial charge on any atom is 0.256 e. The second-order valence-electron chi connectivity index (χ2n) is 6.66. The predicted molar refractivity (Wildman–Crippen MR) is 101 cm³/mol. The highest BCUT2D eigenvalue weighted by molar-refractivity contribution is 7.99. The molecule has 1 N–H and O–H groups in total. The van der Waals surface area contributed by atoms with Crippen LogP contribution in [0.2, 0.25) is 0 Å². The molecule has 3 aromatic rings. The van der Waals surface area contributed by atoms with Gasteiger partial charge in [0.15, 0.2) is 5.16 Å². The minimum Gasteiger partial charge on any atom is -0.349 e. The summed E-state index contributed by atoms with van der Waals surface area (Å²) in [6, 6.07) is 10.5. The van der Waals surface area contributed by atoms with Crippen molar-refractivity contribution in [3.63, 3.8) is 0 Å². The summed E-state index contributed by atoms with van der Waals surface area (Å²) in [7, 11) is 0. The molecule has 26 heavy (non-hydrogen) atoms. The zero-order chi connectivity index (χ0) is 18.1. The molecule has 134 valence electrons. The fourth-order valence-corrected chi connectivity index (χ4v) is 4.36. The number of amides is 1. The van der Waals surface area contributed by atoms with E-state index in [1.54, 1.807) is 0 Å². The molecule has 6 nitrogen and oxygen atoms in total. The van der Waals surface area contributed by atoms with Crippen LogP contribution >= 0.6 is 11.8 Å². The largest absolute Gasteiger partial charge is 0.349 e. The van der Waals surface area contributed by atoms with Crippen LogP contribution < -0.4 is 5.32 Å². The summed E-state index contributed by atoms with van der Waals surface area (Å²) in [5, 5.41) is 12.2. The molecule has 2 heterocycles. The van der Waals surface area contributed by atoms with Crippen molar-refractivity contribution in [2.45, 2.75) is 44.3 Å². The Hall–Kier alpha value is -2.41. The van der Waals surface area contributed by atoms with Gasteiger partial charge in [-0.05, 0) is 50.3 Å².